The number of methoxy groups -OCH3 is 1. The van der Waals surface area contributed by atoms with Gasteiger partial charge in [-0.1, -0.05) is 12.1 Å². The topological polar surface area (TPSA) is 39.1 Å². The second kappa shape index (κ2) is 8.02. The third-order valence-corrected chi connectivity index (χ3v) is 4.31. The van der Waals surface area contributed by atoms with E-state index in [9.17, 15) is 17.6 Å². The fraction of sp³-hybridized carbons (Fsp3) is 0.250. The quantitative estimate of drug-likeness (QED) is 0.606. The second-order valence-electron chi connectivity index (χ2n) is 6.29. The average molecular weight is 393 g/mol. The molecule has 0 amide bonds. The summed E-state index contributed by atoms with van der Waals surface area (Å²) in [7, 11) is 1.46. The summed E-state index contributed by atoms with van der Waals surface area (Å²) >= 11 is 0. The maximum atomic E-state index is 13.4. The van der Waals surface area contributed by atoms with Gasteiger partial charge in [-0.3, -0.25) is 0 Å². The van der Waals surface area contributed by atoms with E-state index in [4.69, 9.17) is 4.74 Å². The molecule has 28 heavy (non-hydrogen) atoms. The lowest BCUT2D eigenvalue weighted by Crippen LogP contribution is -2.18. The molecule has 1 aromatic heterocycles. The van der Waals surface area contributed by atoms with Gasteiger partial charge in [-0.25, -0.2) is 9.07 Å². The first-order valence-electron chi connectivity index (χ1n) is 8.57. The van der Waals surface area contributed by atoms with Gasteiger partial charge in [0.2, 0.25) is 5.88 Å². The number of halogens is 4. The van der Waals surface area contributed by atoms with E-state index in [1.54, 1.807) is 12.1 Å². The van der Waals surface area contributed by atoms with Gasteiger partial charge in [-0.05, 0) is 48.9 Å². The van der Waals surface area contributed by atoms with E-state index in [-0.39, 0.29) is 11.9 Å². The molecular formula is C20H19F4N3O. The number of benzene rings is 2. The zero-order chi connectivity index (χ0) is 20.3. The molecule has 0 radical (unpaired) electrons. The minimum Gasteiger partial charge on any atom is -0.481 e. The molecule has 0 fully saturated rings. The number of nitrogens with one attached hydrogen (secondary N) is 1. The Labute approximate surface area is 159 Å². The van der Waals surface area contributed by atoms with Crippen LogP contribution in [0.5, 0.6) is 5.88 Å². The molecular weight excluding hydrogens is 374 g/mol. The molecule has 0 bridgehead atoms. The highest BCUT2D eigenvalue weighted by molar-refractivity contribution is 5.38. The summed E-state index contributed by atoms with van der Waals surface area (Å²) in [4.78, 5) is 0. The molecule has 2 aromatic carbocycles. The lowest BCUT2D eigenvalue weighted by atomic mass is 10.1. The lowest BCUT2D eigenvalue weighted by molar-refractivity contribution is -0.137. The van der Waals surface area contributed by atoms with Crippen molar-refractivity contribution in [1.29, 1.82) is 0 Å². The van der Waals surface area contributed by atoms with Gasteiger partial charge in [0.25, 0.3) is 0 Å². The summed E-state index contributed by atoms with van der Waals surface area (Å²) in [6, 6.07) is 12.6. The van der Waals surface area contributed by atoms with E-state index >= 15 is 0 Å². The van der Waals surface area contributed by atoms with E-state index in [1.165, 1.54) is 36.1 Å². The summed E-state index contributed by atoms with van der Waals surface area (Å²) < 4.78 is 58.3. The standard InChI is InChI=1S/C20H19F4N3O/c1-13(14-4-3-5-16(21)10-14)25-12-17-11-19(28-2)27(26-17)18-8-6-15(7-9-18)20(22,23)24/h3-11,13,25H,12H2,1-2H3/t13-/m1/s1. The maximum Gasteiger partial charge on any atom is 0.416 e. The van der Waals surface area contributed by atoms with Crippen LogP contribution in [0.25, 0.3) is 5.69 Å². The Bertz CT molecular complexity index is 935. The first kappa shape index (κ1) is 19.9. The van der Waals surface area contributed by atoms with Gasteiger partial charge in [0, 0.05) is 18.7 Å². The third kappa shape index (κ3) is 4.51. The van der Waals surface area contributed by atoms with Crippen molar-refractivity contribution in [3.05, 3.63) is 77.2 Å². The summed E-state index contributed by atoms with van der Waals surface area (Å²) in [5, 5.41) is 7.64. The highest BCUT2D eigenvalue weighted by Gasteiger charge is 2.30. The SMILES string of the molecule is COc1cc(CN[C@H](C)c2cccc(F)c2)nn1-c1ccc(C(F)(F)F)cc1. The van der Waals surface area contributed by atoms with Crippen molar-refractivity contribution in [3.63, 3.8) is 0 Å². The van der Waals surface area contributed by atoms with Crippen LogP contribution in [0.2, 0.25) is 0 Å². The van der Waals surface area contributed by atoms with Crippen molar-refractivity contribution in [2.75, 3.05) is 7.11 Å². The van der Waals surface area contributed by atoms with E-state index in [0.717, 1.165) is 17.7 Å². The molecule has 8 heteroatoms. The molecule has 1 atom stereocenters. The van der Waals surface area contributed by atoms with Gasteiger partial charge < -0.3 is 10.1 Å². The number of aromatic nitrogens is 2. The molecule has 3 rings (SSSR count). The van der Waals surface area contributed by atoms with Crippen LogP contribution in [0.15, 0.2) is 54.6 Å². The molecule has 1 heterocycles. The zero-order valence-electron chi connectivity index (χ0n) is 15.3. The highest BCUT2D eigenvalue weighted by Crippen LogP contribution is 2.30. The van der Waals surface area contributed by atoms with Crippen molar-refractivity contribution >= 4 is 0 Å². The molecule has 0 spiro atoms. The number of ether oxygens (including phenoxy) is 1. The predicted molar refractivity (Wildman–Crippen MR) is 96.8 cm³/mol. The second-order valence-corrected chi connectivity index (χ2v) is 6.29. The van der Waals surface area contributed by atoms with Gasteiger partial charge in [0.05, 0.1) is 24.1 Å². The monoisotopic (exact) mass is 393 g/mol. The number of rotatable bonds is 6. The van der Waals surface area contributed by atoms with Crippen LogP contribution in [-0.2, 0) is 12.7 Å². The van der Waals surface area contributed by atoms with Crippen molar-refractivity contribution in [3.8, 4) is 11.6 Å². The molecule has 1 N–H and O–H groups in total. The van der Waals surface area contributed by atoms with Crippen LogP contribution in [-0.4, -0.2) is 16.9 Å². The largest absolute Gasteiger partial charge is 0.481 e. The van der Waals surface area contributed by atoms with E-state index in [2.05, 4.69) is 10.4 Å². The van der Waals surface area contributed by atoms with Crippen LogP contribution in [0.4, 0.5) is 17.6 Å². The Morgan fingerprint density at radius 2 is 1.82 bits per heavy atom. The first-order chi connectivity index (χ1) is 13.3. The molecule has 0 unspecified atom stereocenters. The minimum absolute atomic E-state index is 0.113. The fourth-order valence-corrected chi connectivity index (χ4v) is 2.77. The van der Waals surface area contributed by atoms with E-state index < -0.39 is 11.7 Å². The molecule has 0 aliphatic rings. The fourth-order valence-electron chi connectivity index (χ4n) is 2.77. The van der Waals surface area contributed by atoms with E-state index in [0.29, 0.717) is 23.8 Å². The van der Waals surface area contributed by atoms with Crippen LogP contribution < -0.4 is 10.1 Å². The molecule has 0 saturated carbocycles. The molecule has 4 nitrogen and oxygen atoms in total. The molecule has 0 aliphatic carbocycles. The molecule has 148 valence electrons. The Morgan fingerprint density at radius 3 is 2.43 bits per heavy atom. The number of nitrogens with zero attached hydrogens (tertiary/aromatic N) is 2. The number of alkyl halides is 3. The summed E-state index contributed by atoms with van der Waals surface area (Å²) in [6.07, 6.45) is -4.39. The summed E-state index contributed by atoms with van der Waals surface area (Å²) in [5.74, 6) is 0.0920. The smallest absolute Gasteiger partial charge is 0.416 e. The molecule has 0 saturated heterocycles. The van der Waals surface area contributed by atoms with Crippen molar-refractivity contribution in [2.24, 2.45) is 0 Å². The van der Waals surface area contributed by atoms with Crippen LogP contribution >= 0.6 is 0 Å². The number of hydrogen-bond donors (Lipinski definition) is 1. The lowest BCUT2D eigenvalue weighted by Gasteiger charge is -2.13. The summed E-state index contributed by atoms with van der Waals surface area (Å²) in [6.45, 7) is 2.28. The first-order valence-corrected chi connectivity index (χ1v) is 8.57. The maximum absolute atomic E-state index is 13.4. The van der Waals surface area contributed by atoms with Gasteiger partial charge in [-0.2, -0.15) is 18.3 Å². The van der Waals surface area contributed by atoms with E-state index in [1.807, 2.05) is 13.0 Å². The van der Waals surface area contributed by atoms with Crippen molar-refractivity contribution in [1.82, 2.24) is 15.1 Å². The normalized spacial score (nSPS) is 12.8. The van der Waals surface area contributed by atoms with Crippen LogP contribution in [0.1, 0.15) is 29.8 Å². The van der Waals surface area contributed by atoms with Gasteiger partial charge >= 0.3 is 6.18 Å². The van der Waals surface area contributed by atoms with Gasteiger partial charge in [0.15, 0.2) is 0 Å². The average Bonchev–Trinajstić information content (AvgIpc) is 3.09. The minimum atomic E-state index is -4.39. The predicted octanol–water partition coefficient (Wildman–Crippen LogP) is 4.89. The third-order valence-electron chi connectivity index (χ3n) is 4.31. The highest BCUT2D eigenvalue weighted by atomic mass is 19.4. The Kier molecular flexibility index (Phi) is 5.69. The number of hydrogen-bond acceptors (Lipinski definition) is 3. The molecule has 3 aromatic rings. The van der Waals surface area contributed by atoms with Crippen LogP contribution in [0, 0.1) is 5.82 Å². The summed E-state index contributed by atoms with van der Waals surface area (Å²) in [5.41, 5.74) is 1.16. The van der Waals surface area contributed by atoms with Crippen molar-refractivity contribution in [2.45, 2.75) is 25.7 Å². The van der Waals surface area contributed by atoms with Crippen LogP contribution in [0.3, 0.4) is 0 Å². The Hall–Kier alpha value is -2.87. The van der Waals surface area contributed by atoms with Gasteiger partial charge in [0.1, 0.15) is 5.82 Å². The Balaban J connectivity index is 1.75. The van der Waals surface area contributed by atoms with Crippen molar-refractivity contribution < 1.29 is 22.3 Å². The van der Waals surface area contributed by atoms with Gasteiger partial charge in [-0.15, -0.1) is 0 Å². The Morgan fingerprint density at radius 1 is 1.11 bits per heavy atom. The zero-order valence-corrected chi connectivity index (χ0v) is 15.3. The molecule has 0 aliphatic heterocycles.